The maximum absolute atomic E-state index is 13.2. The van der Waals surface area contributed by atoms with Crippen LogP contribution in [0.2, 0.25) is 0 Å². The van der Waals surface area contributed by atoms with E-state index in [1.807, 2.05) is 61.3 Å². The van der Waals surface area contributed by atoms with Crippen LogP contribution in [0.4, 0.5) is 0 Å². The molecule has 0 saturated heterocycles. The van der Waals surface area contributed by atoms with Crippen molar-refractivity contribution in [1.82, 2.24) is 0 Å². The molecule has 20 heavy (non-hydrogen) atoms. The lowest BCUT2D eigenvalue weighted by atomic mass is 10.1. The fraction of sp³-hybridized carbons (Fsp3) is 0.0588. The van der Waals surface area contributed by atoms with Crippen LogP contribution < -0.4 is 10.6 Å². The highest BCUT2D eigenvalue weighted by molar-refractivity contribution is 9.10. The maximum atomic E-state index is 13.2. The lowest BCUT2D eigenvalue weighted by Gasteiger charge is -2.14. The highest BCUT2D eigenvalue weighted by Crippen LogP contribution is 2.39. The monoisotopic (exact) mass is 344 g/mol. The van der Waals surface area contributed by atoms with Crippen molar-refractivity contribution < 1.29 is 4.57 Å². The highest BCUT2D eigenvalue weighted by Gasteiger charge is 2.21. The summed E-state index contributed by atoms with van der Waals surface area (Å²) in [7, 11) is -2.54. The Balaban J connectivity index is 2.13. The first-order valence-corrected chi connectivity index (χ1v) is 9.35. The molecule has 0 saturated carbocycles. The van der Waals surface area contributed by atoms with Crippen molar-refractivity contribution in [1.29, 1.82) is 0 Å². The molecule has 0 aromatic heterocycles. The summed E-state index contributed by atoms with van der Waals surface area (Å²) in [5.41, 5.74) is 0. The Hall–Kier alpha value is -1.37. The smallest absolute Gasteiger partial charge is 0.140 e. The first-order valence-electron chi connectivity index (χ1n) is 6.40. The molecule has 3 aromatic rings. The Morgan fingerprint density at radius 2 is 1.40 bits per heavy atom. The second-order valence-electron chi connectivity index (χ2n) is 4.93. The summed E-state index contributed by atoms with van der Waals surface area (Å²) in [5, 5.41) is 4.09. The molecule has 0 aliphatic rings. The number of hydrogen-bond donors (Lipinski definition) is 0. The number of benzene rings is 3. The molecule has 0 aliphatic carbocycles. The van der Waals surface area contributed by atoms with Crippen LogP contribution in [0.1, 0.15) is 0 Å². The zero-order valence-electron chi connectivity index (χ0n) is 11.1. The van der Waals surface area contributed by atoms with Crippen LogP contribution in [-0.2, 0) is 4.57 Å². The van der Waals surface area contributed by atoms with Crippen LogP contribution in [-0.4, -0.2) is 6.66 Å². The zero-order valence-corrected chi connectivity index (χ0v) is 13.6. The lowest BCUT2D eigenvalue weighted by Crippen LogP contribution is -2.14. The van der Waals surface area contributed by atoms with Crippen LogP contribution >= 0.6 is 23.1 Å². The van der Waals surface area contributed by atoms with E-state index in [1.165, 1.54) is 5.39 Å². The SMILES string of the molecule is CP(=O)(c1ccc(Br)cc1)c1ccc2ccccc2c1. The summed E-state index contributed by atoms with van der Waals surface area (Å²) in [5.74, 6) is 0. The van der Waals surface area contributed by atoms with Crippen molar-refractivity contribution in [3.05, 3.63) is 71.2 Å². The highest BCUT2D eigenvalue weighted by atomic mass is 79.9. The number of fused-ring (bicyclic) bond motifs is 1. The van der Waals surface area contributed by atoms with Gasteiger partial charge in [0.1, 0.15) is 7.14 Å². The Bertz CT molecular complexity index is 809. The zero-order chi connectivity index (χ0) is 14.2. The van der Waals surface area contributed by atoms with Gasteiger partial charge in [-0.25, -0.2) is 0 Å². The van der Waals surface area contributed by atoms with E-state index in [1.54, 1.807) is 0 Å². The summed E-state index contributed by atoms with van der Waals surface area (Å²) < 4.78 is 14.2. The van der Waals surface area contributed by atoms with E-state index in [-0.39, 0.29) is 0 Å². The second-order valence-corrected chi connectivity index (χ2v) is 8.73. The largest absolute Gasteiger partial charge is 0.314 e. The predicted octanol–water partition coefficient (Wildman–Crippen LogP) is 4.55. The van der Waals surface area contributed by atoms with E-state index in [2.05, 4.69) is 28.1 Å². The Morgan fingerprint density at radius 3 is 2.10 bits per heavy atom. The molecular weight excluding hydrogens is 331 g/mol. The molecule has 3 heteroatoms. The summed E-state index contributed by atoms with van der Waals surface area (Å²) in [6.45, 7) is 1.83. The third kappa shape index (κ3) is 2.46. The van der Waals surface area contributed by atoms with Gasteiger partial charge in [0.15, 0.2) is 0 Å². The Morgan fingerprint density at radius 1 is 0.800 bits per heavy atom. The number of hydrogen-bond acceptors (Lipinski definition) is 1. The molecular formula is C17H14BrOP. The maximum Gasteiger partial charge on any atom is 0.140 e. The van der Waals surface area contributed by atoms with E-state index < -0.39 is 7.14 Å². The van der Waals surface area contributed by atoms with Crippen LogP contribution in [0.3, 0.4) is 0 Å². The molecule has 0 amide bonds. The minimum absolute atomic E-state index is 0.885. The standard InChI is InChI=1S/C17H14BrOP/c1-20(19,16-10-7-15(18)8-11-16)17-9-6-13-4-2-3-5-14(13)12-17/h2-12H,1H3. The van der Waals surface area contributed by atoms with Gasteiger partial charge >= 0.3 is 0 Å². The van der Waals surface area contributed by atoms with Gasteiger partial charge in [-0.15, -0.1) is 0 Å². The molecule has 3 rings (SSSR count). The third-order valence-corrected chi connectivity index (χ3v) is 6.62. The van der Waals surface area contributed by atoms with Crippen LogP contribution in [0.5, 0.6) is 0 Å². The first kappa shape index (κ1) is 13.6. The Kier molecular flexibility index (Phi) is 3.54. The van der Waals surface area contributed by atoms with Crippen molar-refractivity contribution in [3.8, 4) is 0 Å². The number of halogens is 1. The molecule has 0 aliphatic heterocycles. The van der Waals surface area contributed by atoms with Crippen LogP contribution in [0.25, 0.3) is 10.8 Å². The van der Waals surface area contributed by atoms with Gasteiger partial charge in [-0.3, -0.25) is 0 Å². The van der Waals surface area contributed by atoms with Crippen LogP contribution in [0.15, 0.2) is 71.2 Å². The molecule has 0 N–H and O–H groups in total. The molecule has 0 fully saturated rings. The van der Waals surface area contributed by atoms with Gasteiger partial charge in [0.05, 0.1) is 0 Å². The molecule has 0 heterocycles. The van der Waals surface area contributed by atoms with Gasteiger partial charge in [0, 0.05) is 15.1 Å². The molecule has 1 atom stereocenters. The van der Waals surface area contributed by atoms with E-state index in [0.717, 1.165) is 20.5 Å². The summed E-state index contributed by atoms with van der Waals surface area (Å²) >= 11 is 3.41. The normalized spacial score (nSPS) is 14.1. The quantitative estimate of drug-likeness (QED) is 0.623. The Labute approximate surface area is 127 Å². The van der Waals surface area contributed by atoms with Crippen molar-refractivity contribution in [2.45, 2.75) is 0 Å². The summed E-state index contributed by atoms with van der Waals surface area (Å²) in [6.07, 6.45) is 0. The molecule has 0 spiro atoms. The molecule has 0 bridgehead atoms. The summed E-state index contributed by atoms with van der Waals surface area (Å²) in [4.78, 5) is 0. The fourth-order valence-electron chi connectivity index (χ4n) is 2.32. The average Bonchev–Trinajstić information content (AvgIpc) is 2.47. The molecule has 1 unspecified atom stereocenters. The third-order valence-electron chi connectivity index (χ3n) is 3.55. The lowest BCUT2D eigenvalue weighted by molar-refractivity contribution is 0.590. The van der Waals surface area contributed by atoms with E-state index in [4.69, 9.17) is 0 Å². The topological polar surface area (TPSA) is 17.1 Å². The van der Waals surface area contributed by atoms with Crippen molar-refractivity contribution in [2.75, 3.05) is 6.66 Å². The number of rotatable bonds is 2. The van der Waals surface area contributed by atoms with E-state index in [9.17, 15) is 4.57 Å². The second kappa shape index (κ2) is 5.20. The average molecular weight is 345 g/mol. The van der Waals surface area contributed by atoms with Crippen LogP contribution in [0, 0.1) is 0 Å². The van der Waals surface area contributed by atoms with Gasteiger partial charge in [-0.2, -0.15) is 0 Å². The van der Waals surface area contributed by atoms with Gasteiger partial charge in [0.2, 0.25) is 0 Å². The minimum atomic E-state index is -2.54. The first-order chi connectivity index (χ1) is 9.57. The molecule has 0 radical (unpaired) electrons. The van der Waals surface area contributed by atoms with E-state index in [0.29, 0.717) is 0 Å². The van der Waals surface area contributed by atoms with Crippen molar-refractivity contribution in [2.24, 2.45) is 0 Å². The fourth-order valence-corrected chi connectivity index (χ4v) is 4.34. The molecule has 3 aromatic carbocycles. The van der Waals surface area contributed by atoms with Crippen molar-refractivity contribution >= 4 is 44.5 Å². The van der Waals surface area contributed by atoms with Crippen molar-refractivity contribution in [3.63, 3.8) is 0 Å². The van der Waals surface area contributed by atoms with Gasteiger partial charge in [0.25, 0.3) is 0 Å². The van der Waals surface area contributed by atoms with Gasteiger partial charge in [-0.1, -0.05) is 64.5 Å². The minimum Gasteiger partial charge on any atom is -0.314 e. The van der Waals surface area contributed by atoms with Gasteiger partial charge in [-0.05, 0) is 35.6 Å². The summed E-state index contributed by atoms with van der Waals surface area (Å²) in [6, 6.07) is 21.9. The van der Waals surface area contributed by atoms with Gasteiger partial charge < -0.3 is 4.57 Å². The van der Waals surface area contributed by atoms with E-state index >= 15 is 0 Å². The molecule has 1 nitrogen and oxygen atoms in total. The predicted molar refractivity (Wildman–Crippen MR) is 90.9 cm³/mol. The molecule has 100 valence electrons.